The fourth-order valence-corrected chi connectivity index (χ4v) is 3.84. The molecule has 0 fully saturated rings. The molecule has 0 aliphatic rings. The molecule has 0 aliphatic heterocycles. The Morgan fingerprint density at radius 1 is 0.850 bits per heavy atom. The van der Waals surface area contributed by atoms with E-state index in [1.54, 1.807) is 55.6 Å². The number of carbonyl (C=O) groups is 3. The van der Waals surface area contributed by atoms with E-state index in [0.717, 1.165) is 11.3 Å². The quantitative estimate of drug-likeness (QED) is 0.280. The maximum Gasteiger partial charge on any atom is 0.257 e. The molecule has 4 rings (SSSR count). The molecule has 2 aromatic heterocycles. The molecule has 4 aromatic rings. The molecule has 0 unspecified atom stereocenters. The first-order chi connectivity index (χ1) is 19.0. The summed E-state index contributed by atoms with van der Waals surface area (Å²) in [6.45, 7) is 7.98. The molecule has 4 N–H and O–H groups in total. The first-order valence-electron chi connectivity index (χ1n) is 12.7. The average molecular weight is 538 g/mol. The number of benzene rings is 2. The molecule has 0 atom stereocenters. The smallest absolute Gasteiger partial charge is 0.257 e. The number of aryl methyl sites for hydroxylation is 1. The van der Waals surface area contributed by atoms with Crippen molar-refractivity contribution in [1.29, 1.82) is 0 Å². The van der Waals surface area contributed by atoms with E-state index >= 15 is 0 Å². The van der Waals surface area contributed by atoms with Crippen LogP contribution in [0, 0.1) is 6.92 Å². The fourth-order valence-electron chi connectivity index (χ4n) is 3.84. The molecule has 0 bridgehead atoms. The highest BCUT2D eigenvalue weighted by Gasteiger charge is 2.20. The van der Waals surface area contributed by atoms with Gasteiger partial charge in [0.15, 0.2) is 0 Å². The van der Waals surface area contributed by atoms with E-state index in [2.05, 4.69) is 20.6 Å². The van der Waals surface area contributed by atoms with Crippen molar-refractivity contribution in [3.63, 3.8) is 0 Å². The molecular formula is C31H31N5O4. The second kappa shape index (κ2) is 11.8. The van der Waals surface area contributed by atoms with Crippen molar-refractivity contribution in [1.82, 2.24) is 9.97 Å². The number of aromatic nitrogens is 2. The van der Waals surface area contributed by atoms with Gasteiger partial charge >= 0.3 is 0 Å². The van der Waals surface area contributed by atoms with Gasteiger partial charge in [0.2, 0.25) is 5.91 Å². The summed E-state index contributed by atoms with van der Waals surface area (Å²) in [6.07, 6.45) is 3.18. The first-order valence-corrected chi connectivity index (χ1v) is 12.7. The normalized spacial score (nSPS) is 11.0. The monoisotopic (exact) mass is 537 g/mol. The van der Waals surface area contributed by atoms with Crippen molar-refractivity contribution in [3.8, 4) is 5.75 Å². The molecule has 2 heterocycles. The Morgan fingerprint density at radius 2 is 1.55 bits per heavy atom. The van der Waals surface area contributed by atoms with E-state index < -0.39 is 11.8 Å². The van der Waals surface area contributed by atoms with E-state index in [-0.39, 0.29) is 22.4 Å². The van der Waals surface area contributed by atoms with Gasteiger partial charge in [-0.3, -0.25) is 24.4 Å². The number of amides is 3. The van der Waals surface area contributed by atoms with Crippen molar-refractivity contribution >= 4 is 29.1 Å². The molecule has 0 aliphatic carbocycles. The van der Waals surface area contributed by atoms with Gasteiger partial charge in [-0.05, 0) is 78.6 Å². The Hall–Kier alpha value is -5.05. The zero-order chi connectivity index (χ0) is 28.9. The first kappa shape index (κ1) is 28.0. The van der Waals surface area contributed by atoms with Gasteiger partial charge in [0, 0.05) is 23.0 Å². The third-order valence-corrected chi connectivity index (χ3v) is 6.16. The third-order valence-electron chi connectivity index (χ3n) is 6.16. The Kier molecular flexibility index (Phi) is 8.23. The van der Waals surface area contributed by atoms with Crippen LogP contribution < -0.4 is 21.1 Å². The summed E-state index contributed by atoms with van der Waals surface area (Å²) < 4.78 is 5.74. The maximum absolute atomic E-state index is 13.1. The lowest BCUT2D eigenvalue weighted by Crippen LogP contribution is -2.20. The highest BCUT2D eigenvalue weighted by molar-refractivity contribution is 6.08. The van der Waals surface area contributed by atoms with Crippen LogP contribution in [0.1, 0.15) is 68.8 Å². The lowest BCUT2D eigenvalue weighted by atomic mass is 9.85. The maximum atomic E-state index is 13.1. The summed E-state index contributed by atoms with van der Waals surface area (Å²) >= 11 is 0. The van der Waals surface area contributed by atoms with Crippen LogP contribution in [0.5, 0.6) is 5.75 Å². The summed E-state index contributed by atoms with van der Waals surface area (Å²) in [6, 6.07) is 19.0. The largest absolute Gasteiger partial charge is 0.487 e. The minimum atomic E-state index is -0.621. The molecule has 9 heteroatoms. The lowest BCUT2D eigenvalue weighted by Gasteiger charge is -2.20. The molecule has 9 nitrogen and oxygen atoms in total. The van der Waals surface area contributed by atoms with Crippen molar-refractivity contribution in [2.45, 2.75) is 39.7 Å². The Balaban J connectivity index is 1.45. The summed E-state index contributed by atoms with van der Waals surface area (Å²) in [5.41, 5.74) is 9.02. The number of hydrogen-bond donors (Lipinski definition) is 3. The third kappa shape index (κ3) is 7.08. The van der Waals surface area contributed by atoms with Crippen molar-refractivity contribution < 1.29 is 19.1 Å². The van der Waals surface area contributed by atoms with Crippen LogP contribution >= 0.6 is 0 Å². The van der Waals surface area contributed by atoms with E-state index in [9.17, 15) is 14.4 Å². The molecule has 3 amide bonds. The van der Waals surface area contributed by atoms with Crippen LogP contribution in [0.4, 0.5) is 11.4 Å². The highest BCUT2D eigenvalue weighted by atomic mass is 16.5. The Bertz CT molecular complexity index is 1540. The summed E-state index contributed by atoms with van der Waals surface area (Å²) in [7, 11) is 0. The average Bonchev–Trinajstić information content (AvgIpc) is 2.93. The molecule has 204 valence electrons. The second-order valence-electron chi connectivity index (χ2n) is 10.3. The number of hydrogen-bond acceptors (Lipinski definition) is 6. The standard InChI is InChI=1S/C31H31N5O4/c1-19-27(30(39)35-23-8-10-26(11-9-23)40-18-24-7-5-6-12-33-24)16-25(17-34-19)36-29(38)21-13-20(28(32)37)14-22(15-21)31(2,3)4/h5-17H,18H2,1-4H3,(H2,32,37)(H,35,39)(H,36,38). The SMILES string of the molecule is Cc1ncc(NC(=O)c2cc(C(N)=O)cc(C(C)(C)C)c2)cc1C(=O)Nc1ccc(OCc2ccccn2)cc1. The zero-order valence-corrected chi connectivity index (χ0v) is 22.8. The fraction of sp³-hybridized carbons (Fsp3) is 0.194. The van der Waals surface area contributed by atoms with E-state index in [4.69, 9.17) is 10.5 Å². The van der Waals surface area contributed by atoms with Crippen LogP contribution in [0.15, 0.2) is 79.1 Å². The van der Waals surface area contributed by atoms with Crippen molar-refractivity contribution in [2.24, 2.45) is 5.73 Å². The van der Waals surface area contributed by atoms with Crippen LogP contribution in [-0.4, -0.2) is 27.7 Å². The van der Waals surface area contributed by atoms with Gasteiger partial charge in [-0.2, -0.15) is 0 Å². The predicted octanol–water partition coefficient (Wildman–Crippen LogP) is 5.27. The topological polar surface area (TPSA) is 136 Å². The number of carbonyl (C=O) groups excluding carboxylic acids is 3. The Morgan fingerprint density at radius 3 is 2.20 bits per heavy atom. The summed E-state index contributed by atoms with van der Waals surface area (Å²) in [5.74, 6) is -0.814. The van der Waals surface area contributed by atoms with Crippen molar-refractivity contribution in [3.05, 3.63) is 113 Å². The minimum absolute atomic E-state index is 0.243. The number of ether oxygens (including phenoxy) is 1. The predicted molar refractivity (Wildman–Crippen MR) is 154 cm³/mol. The molecule has 2 aromatic carbocycles. The highest BCUT2D eigenvalue weighted by Crippen LogP contribution is 2.25. The second-order valence-corrected chi connectivity index (χ2v) is 10.3. The molecule has 0 saturated carbocycles. The molecular weight excluding hydrogens is 506 g/mol. The number of nitrogens with one attached hydrogen (secondary N) is 2. The van der Waals surface area contributed by atoms with Crippen molar-refractivity contribution in [2.75, 3.05) is 10.6 Å². The number of primary amides is 1. The molecule has 40 heavy (non-hydrogen) atoms. The van der Waals surface area contributed by atoms with E-state index in [1.165, 1.54) is 12.3 Å². The number of pyridine rings is 2. The Labute approximate surface area is 232 Å². The van der Waals surface area contributed by atoms with Gasteiger partial charge < -0.3 is 21.1 Å². The lowest BCUT2D eigenvalue weighted by molar-refractivity contribution is 0.0997. The minimum Gasteiger partial charge on any atom is -0.487 e. The van der Waals surface area contributed by atoms with Gasteiger partial charge in [-0.25, -0.2) is 0 Å². The van der Waals surface area contributed by atoms with Gasteiger partial charge in [0.05, 0.1) is 28.8 Å². The van der Waals surface area contributed by atoms with E-state index in [1.807, 2.05) is 39.0 Å². The van der Waals surface area contributed by atoms with Crippen LogP contribution in [-0.2, 0) is 12.0 Å². The molecule has 0 saturated heterocycles. The van der Waals surface area contributed by atoms with Gasteiger partial charge in [0.1, 0.15) is 12.4 Å². The van der Waals surface area contributed by atoms with Gasteiger partial charge in [-0.1, -0.05) is 26.8 Å². The summed E-state index contributed by atoms with van der Waals surface area (Å²) in [5, 5.41) is 5.61. The number of nitrogens with zero attached hydrogens (tertiary/aromatic N) is 2. The van der Waals surface area contributed by atoms with Crippen LogP contribution in [0.2, 0.25) is 0 Å². The molecule has 0 radical (unpaired) electrons. The van der Waals surface area contributed by atoms with Crippen LogP contribution in [0.3, 0.4) is 0 Å². The zero-order valence-electron chi connectivity index (χ0n) is 22.8. The van der Waals surface area contributed by atoms with Crippen LogP contribution in [0.25, 0.3) is 0 Å². The number of nitrogens with two attached hydrogens (primary N) is 1. The van der Waals surface area contributed by atoms with E-state index in [0.29, 0.717) is 35.0 Å². The number of rotatable bonds is 8. The number of anilines is 2. The van der Waals surface area contributed by atoms with Gasteiger partial charge in [-0.15, -0.1) is 0 Å². The summed E-state index contributed by atoms with van der Waals surface area (Å²) in [4.78, 5) is 46.5. The van der Waals surface area contributed by atoms with Gasteiger partial charge in [0.25, 0.3) is 11.8 Å². The molecule has 0 spiro atoms.